The third-order valence-electron chi connectivity index (χ3n) is 4.74. The second-order valence-electron chi connectivity index (χ2n) is 6.62. The molecule has 1 aliphatic rings. The summed E-state index contributed by atoms with van der Waals surface area (Å²) in [5.41, 5.74) is 3.54. The van der Waals surface area contributed by atoms with Crippen LogP contribution in [-0.4, -0.2) is 29.1 Å². The Bertz CT molecular complexity index is 1210. The fourth-order valence-corrected chi connectivity index (χ4v) is 3.35. The second kappa shape index (κ2) is 7.24. The molecule has 0 radical (unpaired) electrons. The molecule has 0 unspecified atom stereocenters. The summed E-state index contributed by atoms with van der Waals surface area (Å²) in [6.45, 7) is 1.06. The van der Waals surface area contributed by atoms with Crippen LogP contribution in [-0.2, 0) is 0 Å². The van der Waals surface area contributed by atoms with E-state index in [1.165, 1.54) is 0 Å². The summed E-state index contributed by atoms with van der Waals surface area (Å²) in [6.07, 6.45) is 3.28. The lowest BCUT2D eigenvalue weighted by Gasteiger charge is -2.19. The van der Waals surface area contributed by atoms with E-state index in [4.69, 9.17) is 14.5 Å². The van der Waals surface area contributed by atoms with Gasteiger partial charge in [-0.2, -0.15) is 0 Å². The molecule has 0 aliphatic carbocycles. The number of amides is 1. The van der Waals surface area contributed by atoms with E-state index >= 15 is 0 Å². The van der Waals surface area contributed by atoms with Gasteiger partial charge in [0.15, 0.2) is 11.5 Å². The van der Waals surface area contributed by atoms with Gasteiger partial charge in [0.2, 0.25) is 0 Å². The zero-order valence-electron chi connectivity index (χ0n) is 15.5. The van der Waals surface area contributed by atoms with Crippen LogP contribution in [0.4, 0.5) is 5.69 Å². The number of ether oxygens (including phenoxy) is 2. The Labute approximate surface area is 167 Å². The summed E-state index contributed by atoms with van der Waals surface area (Å²) < 4.78 is 11.3. The van der Waals surface area contributed by atoms with Crippen molar-refractivity contribution in [3.8, 4) is 22.8 Å². The number of carbonyl (C=O) groups is 1. The number of fused-ring (bicyclic) bond motifs is 2. The summed E-state index contributed by atoms with van der Waals surface area (Å²) >= 11 is 0. The molecule has 1 N–H and O–H groups in total. The predicted molar refractivity (Wildman–Crippen MR) is 110 cm³/mol. The van der Waals surface area contributed by atoms with Crippen LogP contribution < -0.4 is 14.8 Å². The molecule has 6 heteroatoms. The Morgan fingerprint density at radius 1 is 0.897 bits per heavy atom. The van der Waals surface area contributed by atoms with Gasteiger partial charge in [0, 0.05) is 29.0 Å². The molecule has 0 saturated carbocycles. The molecule has 6 nitrogen and oxygen atoms in total. The van der Waals surface area contributed by atoms with Crippen molar-refractivity contribution in [2.75, 3.05) is 18.5 Å². The van der Waals surface area contributed by atoms with Gasteiger partial charge in [-0.25, -0.2) is 4.98 Å². The van der Waals surface area contributed by atoms with Crippen molar-refractivity contribution >= 4 is 22.5 Å². The molecule has 5 rings (SSSR count). The van der Waals surface area contributed by atoms with Crippen molar-refractivity contribution < 1.29 is 14.3 Å². The summed E-state index contributed by atoms with van der Waals surface area (Å²) in [5.74, 6) is 1.21. The minimum absolute atomic E-state index is 0.200. The molecule has 2 aromatic heterocycles. The number of nitrogens with one attached hydrogen (secondary N) is 1. The van der Waals surface area contributed by atoms with E-state index in [1.807, 2.05) is 48.5 Å². The van der Waals surface area contributed by atoms with Crippen LogP contribution in [0, 0.1) is 0 Å². The van der Waals surface area contributed by atoms with Gasteiger partial charge in [0.1, 0.15) is 13.2 Å². The van der Waals surface area contributed by atoms with Gasteiger partial charge in [-0.3, -0.25) is 9.78 Å². The molecule has 1 aliphatic heterocycles. The summed E-state index contributed by atoms with van der Waals surface area (Å²) in [5, 5.41) is 3.72. The number of para-hydroxylation sites is 1. The molecule has 0 atom stereocenters. The van der Waals surface area contributed by atoms with Crippen molar-refractivity contribution in [2.24, 2.45) is 0 Å². The van der Waals surface area contributed by atoms with Gasteiger partial charge in [0.25, 0.3) is 5.91 Å². The van der Waals surface area contributed by atoms with Gasteiger partial charge in [-0.1, -0.05) is 18.2 Å². The molecule has 4 aromatic rings. The van der Waals surface area contributed by atoms with Crippen molar-refractivity contribution in [1.29, 1.82) is 0 Å². The van der Waals surface area contributed by atoms with Crippen molar-refractivity contribution in [1.82, 2.24) is 9.97 Å². The highest BCUT2D eigenvalue weighted by molar-refractivity contribution is 6.13. The Hall–Kier alpha value is -3.93. The van der Waals surface area contributed by atoms with Gasteiger partial charge in [-0.05, 0) is 42.5 Å². The minimum atomic E-state index is -0.200. The first-order valence-electron chi connectivity index (χ1n) is 9.29. The highest BCUT2D eigenvalue weighted by Crippen LogP contribution is 2.35. The van der Waals surface area contributed by atoms with Crippen LogP contribution >= 0.6 is 0 Å². The SMILES string of the molecule is O=C(Nc1ccncc1)c1cc(-c2ccc3c(c2)OCCO3)nc2ccccc12. The largest absolute Gasteiger partial charge is 0.486 e. The highest BCUT2D eigenvalue weighted by atomic mass is 16.6. The maximum Gasteiger partial charge on any atom is 0.256 e. The van der Waals surface area contributed by atoms with Crippen LogP contribution in [0.3, 0.4) is 0 Å². The molecule has 2 aromatic carbocycles. The van der Waals surface area contributed by atoms with Crippen LogP contribution in [0.1, 0.15) is 10.4 Å². The van der Waals surface area contributed by atoms with E-state index in [-0.39, 0.29) is 5.91 Å². The molecule has 1 amide bonds. The Balaban J connectivity index is 1.60. The van der Waals surface area contributed by atoms with E-state index in [1.54, 1.807) is 24.5 Å². The van der Waals surface area contributed by atoms with Crippen LogP contribution in [0.15, 0.2) is 73.1 Å². The molecular weight excluding hydrogens is 366 g/mol. The van der Waals surface area contributed by atoms with Crippen molar-refractivity contribution in [2.45, 2.75) is 0 Å². The third-order valence-corrected chi connectivity index (χ3v) is 4.74. The van der Waals surface area contributed by atoms with Crippen molar-refractivity contribution in [3.63, 3.8) is 0 Å². The lowest BCUT2D eigenvalue weighted by atomic mass is 10.0. The molecular formula is C23H17N3O3. The number of rotatable bonds is 3. The van der Waals surface area contributed by atoms with E-state index < -0.39 is 0 Å². The summed E-state index contributed by atoms with van der Waals surface area (Å²) in [7, 11) is 0. The van der Waals surface area contributed by atoms with Gasteiger partial charge in [0.05, 0.1) is 16.8 Å². The molecule has 0 saturated heterocycles. The summed E-state index contributed by atoms with van der Waals surface area (Å²) in [4.78, 5) is 21.8. The molecule has 0 bridgehead atoms. The third kappa shape index (κ3) is 3.36. The standard InChI is InChI=1S/C23H17N3O3/c27-23(25-16-7-9-24-10-8-16)18-14-20(26-19-4-2-1-3-17(18)19)15-5-6-21-22(13-15)29-12-11-28-21/h1-10,13-14H,11-12H2,(H,24,25,27). The van der Waals surface area contributed by atoms with E-state index in [9.17, 15) is 4.79 Å². The number of anilines is 1. The average molecular weight is 383 g/mol. The Morgan fingerprint density at radius 2 is 1.69 bits per heavy atom. The smallest absolute Gasteiger partial charge is 0.256 e. The Morgan fingerprint density at radius 3 is 2.55 bits per heavy atom. The number of aromatic nitrogens is 2. The monoisotopic (exact) mass is 383 g/mol. The van der Waals surface area contributed by atoms with Gasteiger partial charge < -0.3 is 14.8 Å². The number of carbonyl (C=O) groups excluding carboxylic acids is 1. The van der Waals surface area contributed by atoms with E-state index in [0.29, 0.717) is 35.9 Å². The normalized spacial score (nSPS) is 12.6. The molecule has 0 fully saturated rings. The number of pyridine rings is 2. The maximum absolute atomic E-state index is 13.0. The first kappa shape index (κ1) is 17.2. The average Bonchev–Trinajstić information content (AvgIpc) is 2.78. The van der Waals surface area contributed by atoms with E-state index in [2.05, 4.69) is 10.3 Å². The fraction of sp³-hybridized carbons (Fsp3) is 0.0870. The molecule has 142 valence electrons. The first-order chi connectivity index (χ1) is 14.3. The molecule has 3 heterocycles. The lowest BCUT2D eigenvalue weighted by molar-refractivity contribution is 0.102. The number of hydrogen-bond donors (Lipinski definition) is 1. The predicted octanol–water partition coefficient (Wildman–Crippen LogP) is 4.32. The summed E-state index contributed by atoms with van der Waals surface area (Å²) in [6, 6.07) is 18.6. The van der Waals surface area contributed by atoms with Crippen LogP contribution in [0.25, 0.3) is 22.2 Å². The molecule has 29 heavy (non-hydrogen) atoms. The van der Waals surface area contributed by atoms with Gasteiger partial charge >= 0.3 is 0 Å². The topological polar surface area (TPSA) is 73.3 Å². The lowest BCUT2D eigenvalue weighted by Crippen LogP contribution is -2.15. The second-order valence-corrected chi connectivity index (χ2v) is 6.62. The number of benzene rings is 2. The minimum Gasteiger partial charge on any atom is -0.486 e. The highest BCUT2D eigenvalue weighted by Gasteiger charge is 2.17. The zero-order valence-corrected chi connectivity index (χ0v) is 15.5. The van der Waals surface area contributed by atoms with Crippen LogP contribution in [0.2, 0.25) is 0 Å². The van der Waals surface area contributed by atoms with Crippen molar-refractivity contribution in [3.05, 3.63) is 78.6 Å². The van der Waals surface area contributed by atoms with E-state index in [0.717, 1.165) is 22.2 Å². The number of hydrogen-bond acceptors (Lipinski definition) is 5. The first-order valence-corrected chi connectivity index (χ1v) is 9.29. The maximum atomic E-state index is 13.0. The van der Waals surface area contributed by atoms with Crippen LogP contribution in [0.5, 0.6) is 11.5 Å². The van der Waals surface area contributed by atoms with Gasteiger partial charge in [-0.15, -0.1) is 0 Å². The zero-order chi connectivity index (χ0) is 19.6. The quantitative estimate of drug-likeness (QED) is 0.570. The molecule has 0 spiro atoms. The fourth-order valence-electron chi connectivity index (χ4n) is 3.35. The number of nitrogens with zero attached hydrogens (tertiary/aromatic N) is 2. The Kier molecular flexibility index (Phi) is 4.29.